The van der Waals surface area contributed by atoms with E-state index in [1.165, 1.54) is 4.90 Å². The first kappa shape index (κ1) is 12.3. The van der Waals surface area contributed by atoms with Gasteiger partial charge in [-0.2, -0.15) is 0 Å². The highest BCUT2D eigenvalue weighted by molar-refractivity contribution is 5.86. The summed E-state index contributed by atoms with van der Waals surface area (Å²) in [6, 6.07) is 13.9. The van der Waals surface area contributed by atoms with Crippen molar-refractivity contribution >= 4 is 23.5 Å². The van der Waals surface area contributed by atoms with Gasteiger partial charge in [-0.3, -0.25) is 4.79 Å². The lowest BCUT2D eigenvalue weighted by Gasteiger charge is -2.24. The number of carbonyl (C=O) groups is 2. The second kappa shape index (κ2) is 5.45. The third kappa shape index (κ3) is 2.25. The molecule has 2 aromatic rings. The van der Waals surface area contributed by atoms with E-state index in [0.717, 1.165) is 29.0 Å². The largest absolute Gasteiger partial charge is 0.331 e. The number of amides is 1. The molecule has 2 rings (SSSR count). The van der Waals surface area contributed by atoms with Crippen molar-refractivity contribution in [2.24, 2.45) is 0 Å². The molecule has 0 aromatic heterocycles. The Morgan fingerprint density at radius 3 is 2.56 bits per heavy atom. The number of aldehydes is 1. The smallest absolute Gasteiger partial charge is 0.210 e. The first-order valence-electron chi connectivity index (χ1n) is 5.90. The quantitative estimate of drug-likeness (QED) is 0.754. The molecule has 18 heavy (non-hydrogen) atoms. The summed E-state index contributed by atoms with van der Waals surface area (Å²) in [5.74, 6) is 0. The summed E-state index contributed by atoms with van der Waals surface area (Å²) in [6.45, 7) is 2.05. The summed E-state index contributed by atoms with van der Waals surface area (Å²) < 4.78 is 0. The van der Waals surface area contributed by atoms with Crippen LogP contribution in [0.15, 0.2) is 42.5 Å². The molecule has 3 nitrogen and oxygen atoms in total. The van der Waals surface area contributed by atoms with Crippen LogP contribution in [0.2, 0.25) is 0 Å². The van der Waals surface area contributed by atoms with E-state index in [4.69, 9.17) is 0 Å². The predicted molar refractivity (Wildman–Crippen MR) is 71.2 cm³/mol. The number of hydrogen-bond donors (Lipinski definition) is 0. The van der Waals surface area contributed by atoms with Crippen molar-refractivity contribution in [1.29, 1.82) is 0 Å². The zero-order valence-electron chi connectivity index (χ0n) is 10.2. The standard InChI is InChI=1S/C15H15NO2/c1-12(16(11-18)9-10-17)14-8-4-6-13-5-2-3-7-15(13)14/h2-8,10-12H,9H2,1H3/t12-/m1/s1. The van der Waals surface area contributed by atoms with Crippen LogP contribution in [0.4, 0.5) is 0 Å². The van der Waals surface area contributed by atoms with E-state index in [2.05, 4.69) is 0 Å². The molecule has 1 amide bonds. The third-order valence-electron chi connectivity index (χ3n) is 3.19. The van der Waals surface area contributed by atoms with E-state index in [1.807, 2.05) is 49.4 Å². The van der Waals surface area contributed by atoms with Gasteiger partial charge in [-0.05, 0) is 23.3 Å². The van der Waals surface area contributed by atoms with Gasteiger partial charge in [-0.25, -0.2) is 0 Å². The van der Waals surface area contributed by atoms with Gasteiger partial charge in [-0.1, -0.05) is 42.5 Å². The molecule has 0 aliphatic carbocycles. The maximum atomic E-state index is 11.0. The van der Waals surface area contributed by atoms with E-state index in [1.54, 1.807) is 0 Å². The van der Waals surface area contributed by atoms with Crippen LogP contribution in [0.3, 0.4) is 0 Å². The Morgan fingerprint density at radius 2 is 1.83 bits per heavy atom. The summed E-state index contributed by atoms with van der Waals surface area (Å²) in [7, 11) is 0. The fourth-order valence-electron chi connectivity index (χ4n) is 2.17. The molecule has 0 aliphatic heterocycles. The summed E-state index contributed by atoms with van der Waals surface area (Å²) >= 11 is 0. The average Bonchev–Trinajstić information content (AvgIpc) is 2.43. The molecule has 0 unspecified atom stereocenters. The van der Waals surface area contributed by atoms with Gasteiger partial charge in [0.1, 0.15) is 6.29 Å². The average molecular weight is 241 g/mol. The Morgan fingerprint density at radius 1 is 1.11 bits per heavy atom. The number of rotatable bonds is 5. The lowest BCUT2D eigenvalue weighted by atomic mass is 9.99. The predicted octanol–water partition coefficient (Wildman–Crippen LogP) is 2.56. The first-order chi connectivity index (χ1) is 8.77. The van der Waals surface area contributed by atoms with Gasteiger partial charge >= 0.3 is 0 Å². The van der Waals surface area contributed by atoms with Crippen LogP contribution in [0.25, 0.3) is 10.8 Å². The molecule has 1 atom stereocenters. The van der Waals surface area contributed by atoms with Gasteiger partial charge in [0.15, 0.2) is 0 Å². The Kier molecular flexibility index (Phi) is 3.72. The topological polar surface area (TPSA) is 37.4 Å². The third-order valence-corrected chi connectivity index (χ3v) is 3.19. The van der Waals surface area contributed by atoms with Crippen LogP contribution >= 0.6 is 0 Å². The van der Waals surface area contributed by atoms with Crippen molar-refractivity contribution in [3.63, 3.8) is 0 Å². The molecular weight excluding hydrogens is 226 g/mol. The molecule has 3 heteroatoms. The molecule has 0 spiro atoms. The van der Waals surface area contributed by atoms with Crippen LogP contribution in [0, 0.1) is 0 Å². The zero-order valence-corrected chi connectivity index (χ0v) is 10.2. The van der Waals surface area contributed by atoms with Crippen LogP contribution < -0.4 is 0 Å². The van der Waals surface area contributed by atoms with Crippen molar-refractivity contribution in [2.75, 3.05) is 6.54 Å². The van der Waals surface area contributed by atoms with Crippen molar-refractivity contribution in [3.05, 3.63) is 48.0 Å². The summed E-state index contributed by atoms with van der Waals surface area (Å²) in [4.78, 5) is 23.1. The van der Waals surface area contributed by atoms with Gasteiger partial charge in [0.25, 0.3) is 0 Å². The number of nitrogens with zero attached hydrogens (tertiary/aromatic N) is 1. The normalized spacial score (nSPS) is 12.1. The van der Waals surface area contributed by atoms with Gasteiger partial charge in [0, 0.05) is 0 Å². The van der Waals surface area contributed by atoms with Crippen molar-refractivity contribution in [1.82, 2.24) is 4.90 Å². The van der Waals surface area contributed by atoms with Crippen LogP contribution in [0.1, 0.15) is 18.5 Å². The molecule has 0 radical (unpaired) electrons. The highest BCUT2D eigenvalue weighted by Crippen LogP contribution is 2.26. The van der Waals surface area contributed by atoms with Crippen molar-refractivity contribution in [3.8, 4) is 0 Å². The highest BCUT2D eigenvalue weighted by Gasteiger charge is 2.15. The van der Waals surface area contributed by atoms with E-state index in [0.29, 0.717) is 0 Å². The lowest BCUT2D eigenvalue weighted by Crippen LogP contribution is -2.27. The first-order valence-corrected chi connectivity index (χ1v) is 5.90. The Balaban J connectivity index is 2.46. The van der Waals surface area contributed by atoms with Gasteiger partial charge in [-0.15, -0.1) is 0 Å². The summed E-state index contributed by atoms with van der Waals surface area (Å²) in [6.07, 6.45) is 1.47. The molecule has 0 fully saturated rings. The van der Waals surface area contributed by atoms with Crippen LogP contribution in [-0.4, -0.2) is 24.1 Å². The Hall–Kier alpha value is -2.16. The minimum absolute atomic E-state index is 0.112. The fraction of sp³-hybridized carbons (Fsp3) is 0.200. The summed E-state index contributed by atoms with van der Waals surface area (Å²) in [5, 5.41) is 2.25. The summed E-state index contributed by atoms with van der Waals surface area (Å²) in [5.41, 5.74) is 1.06. The minimum Gasteiger partial charge on any atom is -0.331 e. The minimum atomic E-state index is -0.112. The second-order valence-corrected chi connectivity index (χ2v) is 4.21. The Labute approximate surface area is 106 Å². The molecule has 0 aliphatic rings. The van der Waals surface area contributed by atoms with E-state index >= 15 is 0 Å². The van der Waals surface area contributed by atoms with Crippen molar-refractivity contribution < 1.29 is 9.59 Å². The molecule has 0 heterocycles. The molecule has 0 saturated heterocycles. The Bertz CT molecular complexity index is 560. The van der Waals surface area contributed by atoms with Crippen LogP contribution in [0.5, 0.6) is 0 Å². The molecule has 2 aromatic carbocycles. The van der Waals surface area contributed by atoms with Gasteiger partial charge in [0.2, 0.25) is 6.41 Å². The maximum absolute atomic E-state index is 11.0. The fourth-order valence-corrected chi connectivity index (χ4v) is 2.17. The zero-order chi connectivity index (χ0) is 13.0. The number of benzene rings is 2. The van der Waals surface area contributed by atoms with E-state index in [-0.39, 0.29) is 12.6 Å². The molecule has 0 N–H and O–H groups in total. The SMILES string of the molecule is C[C@H](c1cccc2ccccc12)N(C=O)CC=O. The van der Waals surface area contributed by atoms with Crippen molar-refractivity contribution in [2.45, 2.75) is 13.0 Å². The van der Waals surface area contributed by atoms with E-state index in [9.17, 15) is 9.59 Å². The van der Waals surface area contributed by atoms with Gasteiger partial charge < -0.3 is 9.69 Å². The second-order valence-electron chi connectivity index (χ2n) is 4.21. The van der Waals surface area contributed by atoms with E-state index < -0.39 is 0 Å². The number of fused-ring (bicyclic) bond motifs is 1. The highest BCUT2D eigenvalue weighted by atomic mass is 16.1. The molecule has 0 saturated carbocycles. The molecular formula is C15H15NO2. The monoisotopic (exact) mass is 241 g/mol. The van der Waals surface area contributed by atoms with Gasteiger partial charge in [0.05, 0.1) is 12.6 Å². The number of carbonyl (C=O) groups excluding carboxylic acids is 2. The lowest BCUT2D eigenvalue weighted by molar-refractivity contribution is -0.123. The number of hydrogen-bond acceptors (Lipinski definition) is 2. The van der Waals surface area contributed by atoms with Crippen LogP contribution in [-0.2, 0) is 9.59 Å². The molecule has 92 valence electrons. The molecule has 0 bridgehead atoms. The maximum Gasteiger partial charge on any atom is 0.210 e.